The van der Waals surface area contributed by atoms with Crippen LogP contribution in [0.15, 0.2) is 23.1 Å². The Morgan fingerprint density at radius 3 is 2.64 bits per heavy atom. The van der Waals surface area contributed by atoms with Gasteiger partial charge in [-0.05, 0) is 39.8 Å². The topological polar surface area (TPSA) is 111 Å². The zero-order valence-corrected chi connectivity index (χ0v) is 14.6. The predicted molar refractivity (Wildman–Crippen MR) is 92.4 cm³/mol. The van der Waals surface area contributed by atoms with Gasteiger partial charge >= 0.3 is 11.9 Å². The Hall–Kier alpha value is -2.90. The van der Waals surface area contributed by atoms with Gasteiger partial charge in [0, 0.05) is 12.7 Å². The van der Waals surface area contributed by atoms with Crippen molar-refractivity contribution in [2.45, 2.75) is 39.7 Å². The van der Waals surface area contributed by atoms with Gasteiger partial charge in [0.25, 0.3) is 5.56 Å². The highest BCUT2D eigenvalue weighted by Gasteiger charge is 2.20. The van der Waals surface area contributed by atoms with E-state index in [1.807, 2.05) is 0 Å². The number of carbonyl (C=O) groups is 2. The average Bonchev–Trinajstić information content (AvgIpc) is 2.48. The number of aromatic carboxylic acids is 1. The largest absolute Gasteiger partial charge is 0.478 e. The normalized spacial score (nSPS) is 11.4. The fourth-order valence-corrected chi connectivity index (χ4v) is 2.44. The summed E-state index contributed by atoms with van der Waals surface area (Å²) in [6, 6.07) is 3.08. The number of carboxylic acids is 1. The van der Waals surface area contributed by atoms with Crippen LogP contribution in [0.2, 0.25) is 0 Å². The molecule has 0 bridgehead atoms. The Kier molecular flexibility index (Phi) is 5.10. The maximum atomic E-state index is 12.6. The van der Waals surface area contributed by atoms with Crippen molar-refractivity contribution in [2.24, 2.45) is 0 Å². The molecule has 0 saturated carbocycles. The van der Waals surface area contributed by atoms with Crippen molar-refractivity contribution < 1.29 is 19.4 Å². The molecule has 8 heteroatoms. The smallest absolute Gasteiger partial charge is 0.339 e. The van der Waals surface area contributed by atoms with Gasteiger partial charge in [0.05, 0.1) is 23.0 Å². The summed E-state index contributed by atoms with van der Waals surface area (Å²) < 4.78 is 6.33. The van der Waals surface area contributed by atoms with Crippen LogP contribution in [0.5, 0.6) is 0 Å². The third kappa shape index (κ3) is 4.14. The van der Waals surface area contributed by atoms with Crippen molar-refractivity contribution in [2.75, 3.05) is 12.0 Å². The van der Waals surface area contributed by atoms with Gasteiger partial charge < -0.3 is 15.3 Å². The summed E-state index contributed by atoms with van der Waals surface area (Å²) in [4.78, 5) is 39.9. The van der Waals surface area contributed by atoms with Gasteiger partial charge in [-0.3, -0.25) is 14.6 Å². The number of pyridine rings is 2. The highest BCUT2D eigenvalue weighted by atomic mass is 16.6. The number of ether oxygens (including phenoxy) is 1. The molecular formula is C17H21N3O5. The molecular weight excluding hydrogens is 326 g/mol. The Bertz CT molecular complexity index is 880. The minimum atomic E-state index is -1.18. The van der Waals surface area contributed by atoms with Gasteiger partial charge in [-0.2, -0.15) is 0 Å². The second-order valence-electron chi connectivity index (χ2n) is 6.55. The van der Waals surface area contributed by atoms with Crippen molar-refractivity contribution in [1.82, 2.24) is 9.66 Å². The number of esters is 1. The zero-order chi connectivity index (χ0) is 18.8. The molecule has 0 fully saturated rings. The molecule has 0 amide bonds. The predicted octanol–water partition coefficient (Wildman–Crippen LogP) is 1.68. The van der Waals surface area contributed by atoms with E-state index >= 15 is 0 Å². The Labute approximate surface area is 144 Å². The SMILES string of the molecule is Cc1c(C(=O)O)c2ncccc2c(=O)n1NCCC(=O)OC(C)(C)C. The van der Waals surface area contributed by atoms with Crippen molar-refractivity contribution in [3.8, 4) is 0 Å². The van der Waals surface area contributed by atoms with Crippen molar-refractivity contribution >= 4 is 22.8 Å². The lowest BCUT2D eigenvalue weighted by Crippen LogP contribution is -2.34. The number of fused-ring (bicyclic) bond motifs is 1. The first kappa shape index (κ1) is 18.4. The summed E-state index contributed by atoms with van der Waals surface area (Å²) in [7, 11) is 0. The van der Waals surface area contributed by atoms with Crippen LogP contribution in [0.1, 0.15) is 43.2 Å². The lowest BCUT2D eigenvalue weighted by Gasteiger charge is -2.20. The summed E-state index contributed by atoms with van der Waals surface area (Å²) in [5.74, 6) is -1.59. The molecule has 0 atom stereocenters. The molecule has 2 aromatic rings. The number of nitrogens with one attached hydrogen (secondary N) is 1. The van der Waals surface area contributed by atoms with Gasteiger partial charge in [0.1, 0.15) is 11.2 Å². The summed E-state index contributed by atoms with van der Waals surface area (Å²) in [5, 5.41) is 9.65. The van der Waals surface area contributed by atoms with Gasteiger partial charge in [0.15, 0.2) is 0 Å². The average molecular weight is 347 g/mol. The molecule has 2 rings (SSSR count). The van der Waals surface area contributed by atoms with E-state index in [1.165, 1.54) is 19.2 Å². The van der Waals surface area contributed by atoms with Crippen LogP contribution in [0.25, 0.3) is 10.9 Å². The number of hydrogen-bond donors (Lipinski definition) is 2. The fourth-order valence-electron chi connectivity index (χ4n) is 2.44. The van der Waals surface area contributed by atoms with E-state index in [9.17, 15) is 19.5 Å². The van der Waals surface area contributed by atoms with Crippen molar-refractivity contribution in [1.29, 1.82) is 0 Å². The van der Waals surface area contributed by atoms with E-state index in [2.05, 4.69) is 10.4 Å². The monoisotopic (exact) mass is 347 g/mol. The highest BCUT2D eigenvalue weighted by molar-refractivity contribution is 6.02. The maximum Gasteiger partial charge on any atom is 0.339 e. The molecule has 0 aliphatic carbocycles. The first-order chi connectivity index (χ1) is 11.6. The van der Waals surface area contributed by atoms with E-state index in [-0.39, 0.29) is 35.1 Å². The minimum absolute atomic E-state index is 0.0383. The summed E-state index contributed by atoms with van der Waals surface area (Å²) in [6.07, 6.45) is 1.48. The Morgan fingerprint density at radius 1 is 1.36 bits per heavy atom. The van der Waals surface area contributed by atoms with Gasteiger partial charge in [-0.1, -0.05) is 0 Å². The van der Waals surface area contributed by atoms with Gasteiger partial charge in [0.2, 0.25) is 0 Å². The molecule has 0 spiro atoms. The third-order valence-corrected chi connectivity index (χ3v) is 3.41. The molecule has 8 nitrogen and oxygen atoms in total. The number of carboxylic acid groups (broad SMARTS) is 1. The number of hydrogen-bond acceptors (Lipinski definition) is 6. The molecule has 0 aliphatic rings. The zero-order valence-electron chi connectivity index (χ0n) is 14.6. The van der Waals surface area contributed by atoms with Crippen LogP contribution >= 0.6 is 0 Å². The molecule has 2 N–H and O–H groups in total. The molecule has 0 saturated heterocycles. The molecule has 134 valence electrons. The van der Waals surface area contributed by atoms with Gasteiger partial charge in [-0.25, -0.2) is 9.47 Å². The summed E-state index contributed by atoms with van der Waals surface area (Å²) in [5.41, 5.74) is 2.09. The van der Waals surface area contributed by atoms with Crippen molar-refractivity contribution in [3.05, 3.63) is 39.9 Å². The second kappa shape index (κ2) is 6.92. The molecule has 0 aromatic carbocycles. The maximum absolute atomic E-state index is 12.6. The summed E-state index contributed by atoms with van der Waals surface area (Å²) in [6.45, 7) is 6.94. The number of aromatic nitrogens is 2. The molecule has 0 aliphatic heterocycles. The third-order valence-electron chi connectivity index (χ3n) is 3.41. The van der Waals surface area contributed by atoms with E-state index < -0.39 is 23.1 Å². The fraction of sp³-hybridized carbons (Fsp3) is 0.412. The van der Waals surface area contributed by atoms with Crippen LogP contribution < -0.4 is 11.0 Å². The quantitative estimate of drug-likeness (QED) is 0.792. The number of nitrogens with zero attached hydrogens (tertiary/aromatic N) is 2. The van der Waals surface area contributed by atoms with Crippen LogP contribution in [0, 0.1) is 6.92 Å². The van der Waals surface area contributed by atoms with E-state index in [1.54, 1.807) is 26.8 Å². The van der Waals surface area contributed by atoms with Crippen LogP contribution in [-0.4, -0.2) is 38.9 Å². The van der Waals surface area contributed by atoms with Crippen LogP contribution in [0.4, 0.5) is 0 Å². The Balaban J connectivity index is 2.31. The van der Waals surface area contributed by atoms with E-state index in [0.29, 0.717) is 0 Å². The summed E-state index contributed by atoms with van der Waals surface area (Å²) >= 11 is 0. The molecule has 0 unspecified atom stereocenters. The molecule has 2 heterocycles. The van der Waals surface area contributed by atoms with Gasteiger partial charge in [-0.15, -0.1) is 0 Å². The number of carbonyl (C=O) groups excluding carboxylic acids is 1. The number of rotatable bonds is 5. The minimum Gasteiger partial charge on any atom is -0.478 e. The van der Waals surface area contributed by atoms with Crippen LogP contribution in [-0.2, 0) is 9.53 Å². The van der Waals surface area contributed by atoms with E-state index in [0.717, 1.165) is 4.68 Å². The van der Waals surface area contributed by atoms with Crippen LogP contribution in [0.3, 0.4) is 0 Å². The highest BCUT2D eigenvalue weighted by Crippen LogP contribution is 2.16. The first-order valence-electron chi connectivity index (χ1n) is 7.81. The first-order valence-corrected chi connectivity index (χ1v) is 7.81. The van der Waals surface area contributed by atoms with E-state index in [4.69, 9.17) is 4.74 Å². The van der Waals surface area contributed by atoms with Crippen molar-refractivity contribution in [3.63, 3.8) is 0 Å². The lowest BCUT2D eigenvalue weighted by atomic mass is 10.1. The second-order valence-corrected chi connectivity index (χ2v) is 6.55. The molecule has 2 aromatic heterocycles. The molecule has 25 heavy (non-hydrogen) atoms. The lowest BCUT2D eigenvalue weighted by molar-refractivity contribution is -0.154. The standard InChI is InChI=1S/C17H21N3O5/c1-10-13(16(23)24)14-11(6-5-8-18-14)15(22)20(10)19-9-7-12(21)25-17(2,3)4/h5-6,8,19H,7,9H2,1-4H3,(H,23,24). The Morgan fingerprint density at radius 2 is 2.04 bits per heavy atom. The molecule has 0 radical (unpaired) electrons.